The average Bonchev–Trinajstić information content (AvgIpc) is 3.38. The number of likely N-dealkylation sites (N-methyl/N-ethyl adjacent to an activating group) is 1. The van der Waals surface area contributed by atoms with Gasteiger partial charge < -0.3 is 19.6 Å². The van der Waals surface area contributed by atoms with Gasteiger partial charge in [0.15, 0.2) is 5.76 Å². The molecule has 1 unspecified atom stereocenters. The van der Waals surface area contributed by atoms with Crippen LogP contribution in [0.3, 0.4) is 0 Å². The minimum Gasteiger partial charge on any atom is -0.459 e. The number of benzene rings is 2. The van der Waals surface area contributed by atoms with Crippen LogP contribution in [0.1, 0.15) is 28.9 Å². The standard InChI is InChI=1S/C25H24N4O4/c1-2-29(16-22-26-19-12-7-6-11-18(19)23(30)28-22)25(32)20(15-17-9-4-3-5-10-17)27-24(31)21-13-8-14-33-21/h3-14,20H,2,15-16H2,1H3,(H,27,31)(H,26,28,30). The molecule has 33 heavy (non-hydrogen) atoms. The number of rotatable bonds is 8. The zero-order valence-corrected chi connectivity index (χ0v) is 18.2. The summed E-state index contributed by atoms with van der Waals surface area (Å²) < 4.78 is 5.18. The summed E-state index contributed by atoms with van der Waals surface area (Å²) in [5, 5.41) is 3.28. The summed E-state index contributed by atoms with van der Waals surface area (Å²) in [6, 6.07) is 18.8. The molecule has 4 rings (SSSR count). The number of aromatic nitrogens is 2. The highest BCUT2D eigenvalue weighted by molar-refractivity contribution is 5.95. The molecule has 0 saturated carbocycles. The molecule has 0 saturated heterocycles. The molecular formula is C25H24N4O4. The number of furan rings is 1. The Balaban J connectivity index is 1.58. The van der Waals surface area contributed by atoms with E-state index < -0.39 is 11.9 Å². The maximum Gasteiger partial charge on any atom is 0.287 e. The molecule has 0 spiro atoms. The van der Waals surface area contributed by atoms with Crippen LogP contribution in [0.15, 0.2) is 82.2 Å². The molecule has 4 aromatic rings. The zero-order valence-electron chi connectivity index (χ0n) is 18.2. The van der Waals surface area contributed by atoms with Gasteiger partial charge in [0.25, 0.3) is 11.5 Å². The molecular weight excluding hydrogens is 420 g/mol. The van der Waals surface area contributed by atoms with Crippen LogP contribution in [0, 0.1) is 0 Å². The summed E-state index contributed by atoms with van der Waals surface area (Å²) in [4.78, 5) is 47.4. The van der Waals surface area contributed by atoms with Crippen molar-refractivity contribution >= 4 is 22.7 Å². The fraction of sp³-hybridized carbons (Fsp3) is 0.200. The summed E-state index contributed by atoms with van der Waals surface area (Å²) >= 11 is 0. The lowest BCUT2D eigenvalue weighted by Crippen LogP contribution is -2.49. The molecule has 8 nitrogen and oxygen atoms in total. The van der Waals surface area contributed by atoms with Crippen molar-refractivity contribution in [2.24, 2.45) is 0 Å². The number of aromatic amines is 1. The van der Waals surface area contributed by atoms with Crippen molar-refractivity contribution in [2.45, 2.75) is 25.9 Å². The van der Waals surface area contributed by atoms with E-state index in [1.807, 2.05) is 37.3 Å². The molecule has 0 bridgehead atoms. The van der Waals surface area contributed by atoms with E-state index in [-0.39, 0.29) is 23.8 Å². The van der Waals surface area contributed by atoms with Gasteiger partial charge in [-0.15, -0.1) is 0 Å². The molecule has 2 aromatic carbocycles. The van der Waals surface area contributed by atoms with Crippen molar-refractivity contribution in [2.75, 3.05) is 6.54 Å². The molecule has 1 atom stereocenters. The van der Waals surface area contributed by atoms with Crippen molar-refractivity contribution in [1.82, 2.24) is 20.2 Å². The molecule has 2 N–H and O–H groups in total. The van der Waals surface area contributed by atoms with Gasteiger partial charge in [0.05, 0.1) is 23.7 Å². The Labute approximate surface area is 190 Å². The lowest BCUT2D eigenvalue weighted by molar-refractivity contribution is -0.133. The average molecular weight is 444 g/mol. The molecule has 0 aliphatic carbocycles. The highest BCUT2D eigenvalue weighted by Gasteiger charge is 2.27. The van der Waals surface area contributed by atoms with Crippen LogP contribution in [0.4, 0.5) is 0 Å². The molecule has 0 radical (unpaired) electrons. The number of para-hydroxylation sites is 1. The number of nitrogens with one attached hydrogen (secondary N) is 2. The predicted octanol–water partition coefficient (Wildman–Crippen LogP) is 2.91. The number of nitrogens with zero attached hydrogens (tertiary/aromatic N) is 2. The van der Waals surface area contributed by atoms with E-state index in [1.165, 1.54) is 6.26 Å². The SMILES string of the molecule is CCN(Cc1nc2ccccc2c(=O)[nH]1)C(=O)C(Cc1ccccc1)NC(=O)c1ccco1. The number of amides is 2. The van der Waals surface area contributed by atoms with Crippen LogP contribution in [-0.2, 0) is 17.8 Å². The van der Waals surface area contributed by atoms with E-state index in [9.17, 15) is 14.4 Å². The second-order valence-electron chi connectivity index (χ2n) is 7.58. The Kier molecular flexibility index (Phi) is 6.64. The quantitative estimate of drug-likeness (QED) is 0.434. The fourth-order valence-corrected chi connectivity index (χ4v) is 3.64. The van der Waals surface area contributed by atoms with Gasteiger partial charge in [-0.05, 0) is 36.8 Å². The summed E-state index contributed by atoms with van der Waals surface area (Å²) in [7, 11) is 0. The third-order valence-electron chi connectivity index (χ3n) is 5.33. The van der Waals surface area contributed by atoms with Crippen LogP contribution < -0.4 is 10.9 Å². The van der Waals surface area contributed by atoms with Crippen LogP contribution in [-0.4, -0.2) is 39.3 Å². The highest BCUT2D eigenvalue weighted by atomic mass is 16.3. The first-order valence-corrected chi connectivity index (χ1v) is 10.7. The Morgan fingerprint density at radius 2 is 1.82 bits per heavy atom. The van der Waals surface area contributed by atoms with Gasteiger partial charge in [-0.2, -0.15) is 0 Å². The maximum atomic E-state index is 13.5. The van der Waals surface area contributed by atoms with Crippen molar-refractivity contribution in [3.05, 3.63) is 100 Å². The van der Waals surface area contributed by atoms with E-state index in [0.717, 1.165) is 5.56 Å². The fourth-order valence-electron chi connectivity index (χ4n) is 3.64. The van der Waals surface area contributed by atoms with Gasteiger partial charge in [-0.25, -0.2) is 4.98 Å². The van der Waals surface area contributed by atoms with Crippen molar-refractivity contribution in [3.63, 3.8) is 0 Å². The number of hydrogen-bond donors (Lipinski definition) is 2. The minimum atomic E-state index is -0.822. The van der Waals surface area contributed by atoms with Crippen LogP contribution in [0.2, 0.25) is 0 Å². The van der Waals surface area contributed by atoms with E-state index >= 15 is 0 Å². The van der Waals surface area contributed by atoms with Gasteiger partial charge in [-0.3, -0.25) is 14.4 Å². The third kappa shape index (κ3) is 5.17. The first-order chi connectivity index (χ1) is 16.0. The largest absolute Gasteiger partial charge is 0.459 e. The number of carbonyl (C=O) groups is 2. The topological polar surface area (TPSA) is 108 Å². The number of carbonyl (C=O) groups excluding carboxylic acids is 2. The number of hydrogen-bond acceptors (Lipinski definition) is 5. The first kappa shape index (κ1) is 22.0. The Morgan fingerprint density at radius 1 is 1.06 bits per heavy atom. The van der Waals surface area contributed by atoms with Crippen molar-refractivity contribution < 1.29 is 14.0 Å². The minimum absolute atomic E-state index is 0.108. The summed E-state index contributed by atoms with van der Waals surface area (Å²) in [6.45, 7) is 2.32. The third-order valence-corrected chi connectivity index (χ3v) is 5.33. The molecule has 168 valence electrons. The van der Waals surface area contributed by atoms with Gasteiger partial charge in [0.1, 0.15) is 11.9 Å². The van der Waals surface area contributed by atoms with Crippen molar-refractivity contribution in [1.29, 1.82) is 0 Å². The molecule has 0 aliphatic rings. The van der Waals surface area contributed by atoms with Crippen molar-refractivity contribution in [3.8, 4) is 0 Å². The molecule has 2 amide bonds. The lowest BCUT2D eigenvalue weighted by atomic mass is 10.0. The second kappa shape index (κ2) is 9.95. The van der Waals surface area contributed by atoms with E-state index in [1.54, 1.807) is 41.3 Å². The van der Waals surface area contributed by atoms with Gasteiger partial charge in [0, 0.05) is 13.0 Å². The molecule has 0 aliphatic heterocycles. The van der Waals surface area contributed by atoms with Crippen LogP contribution in [0.5, 0.6) is 0 Å². The normalized spacial score (nSPS) is 11.8. The first-order valence-electron chi connectivity index (χ1n) is 10.7. The summed E-state index contributed by atoms with van der Waals surface area (Å²) in [6.07, 6.45) is 1.72. The molecule has 2 aromatic heterocycles. The van der Waals surface area contributed by atoms with Crippen LogP contribution in [0.25, 0.3) is 10.9 Å². The Bertz CT molecular complexity index is 1300. The summed E-state index contributed by atoms with van der Waals surface area (Å²) in [5.41, 5.74) is 1.21. The Morgan fingerprint density at radius 3 is 2.55 bits per heavy atom. The van der Waals surface area contributed by atoms with Crippen LogP contribution >= 0.6 is 0 Å². The molecule has 0 fully saturated rings. The van der Waals surface area contributed by atoms with E-state index in [0.29, 0.717) is 29.7 Å². The van der Waals surface area contributed by atoms with Gasteiger partial charge >= 0.3 is 0 Å². The smallest absolute Gasteiger partial charge is 0.287 e. The Hall–Kier alpha value is -4.20. The molecule has 2 heterocycles. The summed E-state index contributed by atoms with van der Waals surface area (Å²) in [5.74, 6) is -0.242. The number of fused-ring (bicyclic) bond motifs is 1. The maximum absolute atomic E-state index is 13.5. The van der Waals surface area contributed by atoms with Gasteiger partial charge in [-0.1, -0.05) is 42.5 Å². The number of H-pyrrole nitrogens is 1. The van der Waals surface area contributed by atoms with E-state index in [4.69, 9.17) is 4.42 Å². The van der Waals surface area contributed by atoms with E-state index in [2.05, 4.69) is 15.3 Å². The lowest BCUT2D eigenvalue weighted by Gasteiger charge is -2.26. The zero-order chi connectivity index (χ0) is 23.2. The highest BCUT2D eigenvalue weighted by Crippen LogP contribution is 2.11. The molecule has 8 heteroatoms. The predicted molar refractivity (Wildman–Crippen MR) is 124 cm³/mol. The second-order valence-corrected chi connectivity index (χ2v) is 7.58. The monoisotopic (exact) mass is 444 g/mol. The van der Waals surface area contributed by atoms with Gasteiger partial charge in [0.2, 0.25) is 5.91 Å².